The van der Waals surface area contributed by atoms with Crippen molar-refractivity contribution in [3.8, 4) is 0 Å². The lowest BCUT2D eigenvalue weighted by Crippen LogP contribution is -2.41. The number of rotatable bonds is 6. The molecule has 1 aromatic rings. The zero-order valence-corrected chi connectivity index (χ0v) is 12.7. The Morgan fingerprint density at radius 3 is 2.86 bits per heavy atom. The van der Waals surface area contributed by atoms with E-state index in [0.29, 0.717) is 19.2 Å². The number of carbonyl (C=O) groups is 1. The monoisotopic (exact) mass is 291 g/mol. The number of carbonyl (C=O) groups excluding carboxylic acids is 1. The van der Waals surface area contributed by atoms with Gasteiger partial charge < -0.3 is 15.8 Å². The molecule has 21 heavy (non-hydrogen) atoms. The molecule has 5 heteroatoms. The van der Waals surface area contributed by atoms with Crippen molar-refractivity contribution in [2.45, 2.75) is 32.4 Å². The number of nitrogens with one attached hydrogen (secondary N) is 1. The number of hydrogen-bond donors (Lipinski definition) is 2. The zero-order chi connectivity index (χ0) is 15.1. The average molecular weight is 291 g/mol. The van der Waals surface area contributed by atoms with Crippen LogP contribution in [-0.2, 0) is 16.1 Å². The normalized spacial score (nSPS) is 16.9. The summed E-state index contributed by atoms with van der Waals surface area (Å²) in [7, 11) is 0. The lowest BCUT2D eigenvalue weighted by Gasteiger charge is -2.31. The van der Waals surface area contributed by atoms with E-state index in [1.54, 1.807) is 0 Å². The number of anilines is 1. The summed E-state index contributed by atoms with van der Waals surface area (Å²) in [6.45, 7) is 5.54. The molecule has 0 aromatic heterocycles. The molecule has 2 rings (SSSR count). The summed E-state index contributed by atoms with van der Waals surface area (Å²) in [4.78, 5) is 14.3. The molecule has 1 aromatic carbocycles. The van der Waals surface area contributed by atoms with Crippen molar-refractivity contribution in [1.82, 2.24) is 4.90 Å². The van der Waals surface area contributed by atoms with Gasteiger partial charge in [0.2, 0.25) is 5.91 Å². The molecule has 5 nitrogen and oxygen atoms in total. The van der Waals surface area contributed by atoms with Crippen LogP contribution < -0.4 is 11.1 Å². The minimum atomic E-state index is 0.0269. The van der Waals surface area contributed by atoms with Gasteiger partial charge in [-0.3, -0.25) is 9.69 Å². The number of amides is 1. The molecule has 1 aliphatic heterocycles. The van der Waals surface area contributed by atoms with Crippen LogP contribution in [0.15, 0.2) is 24.3 Å². The van der Waals surface area contributed by atoms with Gasteiger partial charge in [-0.1, -0.05) is 12.1 Å². The molecule has 0 spiro atoms. The Morgan fingerprint density at radius 2 is 2.19 bits per heavy atom. The van der Waals surface area contributed by atoms with Gasteiger partial charge in [-0.25, -0.2) is 0 Å². The van der Waals surface area contributed by atoms with Crippen LogP contribution in [0.2, 0.25) is 0 Å². The molecular formula is C16H25N3O2. The molecule has 0 aliphatic carbocycles. The van der Waals surface area contributed by atoms with Crippen molar-refractivity contribution in [3.05, 3.63) is 29.8 Å². The Bertz CT molecular complexity index is 457. The second kappa shape index (κ2) is 8.12. The van der Waals surface area contributed by atoms with Crippen LogP contribution in [0.3, 0.4) is 0 Å². The third kappa shape index (κ3) is 5.12. The SMILES string of the molecule is CCOC1CCN(CC(=O)Nc2cccc(CN)c2)CC1. The van der Waals surface area contributed by atoms with Crippen LogP contribution in [0, 0.1) is 0 Å². The molecule has 0 unspecified atom stereocenters. The predicted octanol–water partition coefficient (Wildman–Crippen LogP) is 1.58. The Kier molecular flexibility index (Phi) is 6.17. The van der Waals surface area contributed by atoms with Crippen LogP contribution >= 0.6 is 0 Å². The first-order valence-corrected chi connectivity index (χ1v) is 7.64. The number of nitrogens with two attached hydrogens (primary N) is 1. The van der Waals surface area contributed by atoms with E-state index in [-0.39, 0.29) is 5.91 Å². The fourth-order valence-electron chi connectivity index (χ4n) is 2.65. The fraction of sp³-hybridized carbons (Fsp3) is 0.562. The highest BCUT2D eigenvalue weighted by atomic mass is 16.5. The number of likely N-dealkylation sites (tertiary alicyclic amines) is 1. The average Bonchev–Trinajstić information content (AvgIpc) is 2.49. The number of ether oxygens (including phenoxy) is 1. The number of benzene rings is 1. The molecule has 1 heterocycles. The minimum Gasteiger partial charge on any atom is -0.378 e. The van der Waals surface area contributed by atoms with Gasteiger partial charge in [0.25, 0.3) is 0 Å². The van der Waals surface area contributed by atoms with Gasteiger partial charge in [-0.2, -0.15) is 0 Å². The van der Waals surface area contributed by atoms with E-state index in [9.17, 15) is 4.79 Å². The van der Waals surface area contributed by atoms with Crippen molar-refractivity contribution in [1.29, 1.82) is 0 Å². The molecule has 0 radical (unpaired) electrons. The topological polar surface area (TPSA) is 67.6 Å². The lowest BCUT2D eigenvalue weighted by molar-refractivity contribution is -0.118. The first-order chi connectivity index (χ1) is 10.2. The van der Waals surface area contributed by atoms with E-state index >= 15 is 0 Å². The van der Waals surface area contributed by atoms with Crippen LogP contribution in [0.25, 0.3) is 0 Å². The van der Waals surface area contributed by atoms with Crippen molar-refractivity contribution >= 4 is 11.6 Å². The van der Waals surface area contributed by atoms with E-state index in [1.165, 1.54) is 0 Å². The largest absolute Gasteiger partial charge is 0.378 e. The van der Waals surface area contributed by atoms with Gasteiger partial charge >= 0.3 is 0 Å². The molecule has 1 fully saturated rings. The third-order valence-electron chi connectivity index (χ3n) is 3.75. The van der Waals surface area contributed by atoms with Gasteiger partial charge in [0, 0.05) is 31.9 Å². The van der Waals surface area contributed by atoms with Gasteiger partial charge in [0.15, 0.2) is 0 Å². The second-order valence-corrected chi connectivity index (χ2v) is 5.38. The summed E-state index contributed by atoms with van der Waals surface area (Å²) in [5, 5.41) is 2.93. The van der Waals surface area contributed by atoms with E-state index in [4.69, 9.17) is 10.5 Å². The first-order valence-electron chi connectivity index (χ1n) is 7.64. The van der Waals surface area contributed by atoms with Crippen molar-refractivity contribution in [2.75, 3.05) is 31.6 Å². The molecular weight excluding hydrogens is 266 g/mol. The van der Waals surface area contributed by atoms with Gasteiger partial charge in [-0.15, -0.1) is 0 Å². The molecule has 0 saturated carbocycles. The highest BCUT2D eigenvalue weighted by Gasteiger charge is 2.20. The number of hydrogen-bond acceptors (Lipinski definition) is 4. The summed E-state index contributed by atoms with van der Waals surface area (Å²) < 4.78 is 5.62. The van der Waals surface area contributed by atoms with E-state index in [0.717, 1.165) is 43.8 Å². The zero-order valence-electron chi connectivity index (χ0n) is 12.7. The summed E-state index contributed by atoms with van der Waals surface area (Å²) >= 11 is 0. The van der Waals surface area contributed by atoms with Crippen LogP contribution in [0.5, 0.6) is 0 Å². The van der Waals surface area contributed by atoms with E-state index in [2.05, 4.69) is 10.2 Å². The third-order valence-corrected chi connectivity index (χ3v) is 3.75. The van der Waals surface area contributed by atoms with Crippen LogP contribution in [0.1, 0.15) is 25.3 Å². The standard InChI is InChI=1S/C16H25N3O2/c1-2-21-15-6-8-19(9-7-15)12-16(20)18-14-5-3-4-13(10-14)11-17/h3-5,10,15H,2,6-9,11-12,17H2,1H3,(H,18,20). The quantitative estimate of drug-likeness (QED) is 0.835. The Morgan fingerprint density at radius 1 is 1.43 bits per heavy atom. The number of nitrogens with zero attached hydrogens (tertiary/aromatic N) is 1. The molecule has 1 aliphatic rings. The van der Waals surface area contributed by atoms with Crippen molar-refractivity contribution < 1.29 is 9.53 Å². The van der Waals surface area contributed by atoms with Crippen LogP contribution in [0.4, 0.5) is 5.69 Å². The Hall–Kier alpha value is -1.43. The highest BCUT2D eigenvalue weighted by molar-refractivity contribution is 5.92. The molecule has 3 N–H and O–H groups in total. The van der Waals surface area contributed by atoms with Gasteiger partial charge in [0.05, 0.1) is 12.6 Å². The Labute approximate surface area is 126 Å². The molecule has 0 bridgehead atoms. The predicted molar refractivity (Wildman–Crippen MR) is 84.1 cm³/mol. The van der Waals surface area contributed by atoms with E-state index in [1.807, 2.05) is 31.2 Å². The molecule has 0 atom stereocenters. The number of piperidine rings is 1. The first kappa shape index (κ1) is 15.9. The van der Waals surface area contributed by atoms with Crippen molar-refractivity contribution in [3.63, 3.8) is 0 Å². The summed E-state index contributed by atoms with van der Waals surface area (Å²) in [6.07, 6.45) is 2.36. The Balaban J connectivity index is 1.77. The summed E-state index contributed by atoms with van der Waals surface area (Å²) in [5.74, 6) is 0.0269. The maximum absolute atomic E-state index is 12.1. The fourth-order valence-corrected chi connectivity index (χ4v) is 2.65. The van der Waals surface area contributed by atoms with Gasteiger partial charge in [-0.05, 0) is 37.5 Å². The summed E-state index contributed by atoms with van der Waals surface area (Å²) in [5.41, 5.74) is 7.43. The molecule has 1 amide bonds. The minimum absolute atomic E-state index is 0.0269. The second-order valence-electron chi connectivity index (χ2n) is 5.38. The van der Waals surface area contributed by atoms with Crippen molar-refractivity contribution in [2.24, 2.45) is 5.73 Å². The lowest BCUT2D eigenvalue weighted by atomic mass is 10.1. The van der Waals surface area contributed by atoms with Gasteiger partial charge in [0.1, 0.15) is 0 Å². The smallest absolute Gasteiger partial charge is 0.238 e. The summed E-state index contributed by atoms with van der Waals surface area (Å²) in [6, 6.07) is 7.66. The molecule has 116 valence electrons. The van der Waals surface area contributed by atoms with Crippen LogP contribution in [-0.4, -0.2) is 43.2 Å². The van der Waals surface area contributed by atoms with E-state index < -0.39 is 0 Å². The maximum Gasteiger partial charge on any atom is 0.238 e. The highest BCUT2D eigenvalue weighted by Crippen LogP contribution is 2.14. The molecule has 1 saturated heterocycles. The maximum atomic E-state index is 12.1.